The van der Waals surface area contributed by atoms with Crippen LogP contribution in [0, 0.1) is 5.92 Å². The first-order valence-electron chi connectivity index (χ1n) is 5.10. The second kappa shape index (κ2) is 3.56. The van der Waals surface area contributed by atoms with Crippen LogP contribution in [0.2, 0.25) is 0 Å². The van der Waals surface area contributed by atoms with Crippen molar-refractivity contribution in [3.63, 3.8) is 0 Å². The van der Waals surface area contributed by atoms with E-state index < -0.39 is 0 Å². The van der Waals surface area contributed by atoms with Crippen molar-refractivity contribution in [1.29, 1.82) is 0 Å². The highest BCUT2D eigenvalue weighted by Gasteiger charge is 2.35. The van der Waals surface area contributed by atoms with E-state index in [4.69, 9.17) is 0 Å². The minimum atomic E-state index is -0.202. The third kappa shape index (κ3) is 1.47. The van der Waals surface area contributed by atoms with Gasteiger partial charge in [-0.2, -0.15) is 0 Å². The topological polar surface area (TPSA) is 20.3 Å². The number of amides is 1. The number of carbonyl (C=O) groups is 1. The van der Waals surface area contributed by atoms with Gasteiger partial charge in [-0.3, -0.25) is 4.79 Å². The molecule has 0 N–H and O–H groups in total. The van der Waals surface area contributed by atoms with Gasteiger partial charge in [-0.05, 0) is 25.0 Å². The van der Waals surface area contributed by atoms with Crippen LogP contribution in [-0.2, 0) is 4.79 Å². The molecule has 1 unspecified atom stereocenters. The molecular formula is C11H14FNO. The molecule has 1 atom stereocenters. The molecule has 1 saturated heterocycles. The van der Waals surface area contributed by atoms with Crippen LogP contribution in [0.1, 0.15) is 26.2 Å². The van der Waals surface area contributed by atoms with Crippen molar-refractivity contribution in [3.8, 4) is 0 Å². The van der Waals surface area contributed by atoms with Gasteiger partial charge in [0.2, 0.25) is 5.91 Å². The standard InChI is InChI=1S/C11H14FNO/c1-2-5-13-10-7-9(12)4-3-8(10)6-11(13)14/h4,7-8H,2-3,5-6H2,1H3. The molecule has 0 saturated carbocycles. The van der Waals surface area contributed by atoms with Crippen LogP contribution in [-0.4, -0.2) is 17.4 Å². The minimum Gasteiger partial charge on any atom is -0.316 e. The van der Waals surface area contributed by atoms with Crippen molar-refractivity contribution >= 4 is 5.91 Å². The average Bonchev–Trinajstić information content (AvgIpc) is 2.45. The molecule has 0 aromatic rings. The molecule has 0 radical (unpaired) electrons. The molecule has 2 aliphatic rings. The van der Waals surface area contributed by atoms with Crippen molar-refractivity contribution in [2.24, 2.45) is 5.92 Å². The van der Waals surface area contributed by atoms with Gasteiger partial charge >= 0.3 is 0 Å². The number of hydrogen-bond acceptors (Lipinski definition) is 1. The summed E-state index contributed by atoms with van der Waals surface area (Å²) in [7, 11) is 0. The van der Waals surface area contributed by atoms with Crippen LogP contribution in [0.3, 0.4) is 0 Å². The van der Waals surface area contributed by atoms with Crippen molar-refractivity contribution in [2.75, 3.05) is 6.54 Å². The molecule has 2 rings (SSSR count). The maximum atomic E-state index is 13.0. The Bertz CT molecular complexity index is 319. The Morgan fingerprint density at radius 1 is 1.64 bits per heavy atom. The van der Waals surface area contributed by atoms with Gasteiger partial charge in [-0.15, -0.1) is 0 Å². The number of nitrogens with zero attached hydrogens (tertiary/aromatic N) is 1. The van der Waals surface area contributed by atoms with E-state index in [1.54, 1.807) is 11.0 Å². The van der Waals surface area contributed by atoms with Crippen molar-refractivity contribution < 1.29 is 9.18 Å². The Balaban J connectivity index is 2.24. The molecule has 1 aliphatic carbocycles. The van der Waals surface area contributed by atoms with Crippen molar-refractivity contribution in [2.45, 2.75) is 26.2 Å². The molecule has 1 aliphatic heterocycles. The number of allylic oxidation sites excluding steroid dienone is 4. The summed E-state index contributed by atoms with van der Waals surface area (Å²) in [5, 5.41) is 0. The van der Waals surface area contributed by atoms with Gasteiger partial charge in [-0.1, -0.05) is 6.92 Å². The van der Waals surface area contributed by atoms with E-state index in [0.29, 0.717) is 19.4 Å². The molecule has 76 valence electrons. The van der Waals surface area contributed by atoms with Gasteiger partial charge in [0.05, 0.1) is 0 Å². The molecule has 14 heavy (non-hydrogen) atoms. The van der Waals surface area contributed by atoms with Crippen LogP contribution >= 0.6 is 0 Å². The first kappa shape index (κ1) is 9.44. The summed E-state index contributed by atoms with van der Waals surface area (Å²) in [4.78, 5) is 13.3. The first-order chi connectivity index (χ1) is 6.72. The van der Waals surface area contributed by atoms with Gasteiger partial charge in [0.25, 0.3) is 0 Å². The Morgan fingerprint density at radius 2 is 2.43 bits per heavy atom. The maximum absolute atomic E-state index is 13.0. The second-order valence-corrected chi connectivity index (χ2v) is 3.84. The van der Waals surface area contributed by atoms with Crippen molar-refractivity contribution in [3.05, 3.63) is 23.7 Å². The molecule has 1 heterocycles. The number of rotatable bonds is 2. The van der Waals surface area contributed by atoms with Gasteiger partial charge in [0.15, 0.2) is 0 Å². The second-order valence-electron chi connectivity index (χ2n) is 3.84. The van der Waals surface area contributed by atoms with Gasteiger partial charge in [0.1, 0.15) is 5.83 Å². The zero-order valence-electron chi connectivity index (χ0n) is 8.29. The van der Waals surface area contributed by atoms with Gasteiger partial charge < -0.3 is 4.90 Å². The molecule has 2 nitrogen and oxygen atoms in total. The molecule has 0 aromatic carbocycles. The predicted octanol–water partition coefficient (Wildman–Crippen LogP) is 2.39. The SMILES string of the molecule is CCCN1C(=O)CC2CC=C(F)C=C21. The minimum absolute atomic E-state index is 0.145. The Labute approximate surface area is 83.1 Å². The third-order valence-electron chi connectivity index (χ3n) is 2.78. The number of fused-ring (bicyclic) bond motifs is 1. The normalized spacial score (nSPS) is 26.0. The lowest BCUT2D eigenvalue weighted by atomic mass is 9.96. The van der Waals surface area contributed by atoms with Crippen LogP contribution < -0.4 is 0 Å². The molecule has 1 fully saturated rings. The summed E-state index contributed by atoms with van der Waals surface area (Å²) >= 11 is 0. The highest BCUT2D eigenvalue weighted by molar-refractivity contribution is 5.82. The van der Waals surface area contributed by atoms with E-state index in [1.807, 2.05) is 6.92 Å². The fourth-order valence-electron chi connectivity index (χ4n) is 2.12. The number of halogens is 1. The molecular weight excluding hydrogens is 181 g/mol. The third-order valence-corrected chi connectivity index (χ3v) is 2.78. The van der Waals surface area contributed by atoms with Crippen LogP contribution in [0.25, 0.3) is 0 Å². The van der Waals surface area contributed by atoms with Crippen LogP contribution in [0.4, 0.5) is 4.39 Å². The van der Waals surface area contributed by atoms with E-state index in [1.165, 1.54) is 6.08 Å². The first-order valence-corrected chi connectivity index (χ1v) is 5.10. The maximum Gasteiger partial charge on any atom is 0.227 e. The summed E-state index contributed by atoms with van der Waals surface area (Å²) in [5.74, 6) is 0.173. The highest BCUT2D eigenvalue weighted by atomic mass is 19.1. The number of carbonyl (C=O) groups excluding carboxylic acids is 1. The largest absolute Gasteiger partial charge is 0.316 e. The van der Waals surface area contributed by atoms with Crippen LogP contribution in [0.15, 0.2) is 23.7 Å². The summed E-state index contributed by atoms with van der Waals surface area (Å²) in [6.07, 6.45) is 5.21. The summed E-state index contributed by atoms with van der Waals surface area (Å²) in [6.45, 7) is 2.74. The number of hydrogen-bond donors (Lipinski definition) is 0. The Hall–Kier alpha value is -1.12. The molecule has 0 spiro atoms. The van der Waals surface area contributed by atoms with E-state index in [2.05, 4.69) is 0 Å². The van der Waals surface area contributed by atoms with E-state index >= 15 is 0 Å². The van der Waals surface area contributed by atoms with Gasteiger partial charge in [0, 0.05) is 24.6 Å². The predicted molar refractivity (Wildman–Crippen MR) is 52.0 cm³/mol. The lowest BCUT2D eigenvalue weighted by Crippen LogP contribution is -2.24. The smallest absolute Gasteiger partial charge is 0.227 e. The fraction of sp³-hybridized carbons (Fsp3) is 0.545. The quantitative estimate of drug-likeness (QED) is 0.662. The van der Waals surface area contributed by atoms with E-state index in [9.17, 15) is 9.18 Å². The highest BCUT2D eigenvalue weighted by Crippen LogP contribution is 2.36. The van der Waals surface area contributed by atoms with Gasteiger partial charge in [-0.25, -0.2) is 4.39 Å². The average molecular weight is 195 g/mol. The van der Waals surface area contributed by atoms with Crippen LogP contribution in [0.5, 0.6) is 0 Å². The monoisotopic (exact) mass is 195 g/mol. The van der Waals surface area contributed by atoms with Crippen molar-refractivity contribution in [1.82, 2.24) is 4.90 Å². The molecule has 1 amide bonds. The summed E-state index contributed by atoms with van der Waals surface area (Å²) in [5.41, 5.74) is 0.886. The molecule has 0 aromatic heterocycles. The zero-order chi connectivity index (χ0) is 10.1. The van der Waals surface area contributed by atoms with E-state index in [-0.39, 0.29) is 17.7 Å². The molecule has 3 heteroatoms. The Morgan fingerprint density at radius 3 is 3.14 bits per heavy atom. The summed E-state index contributed by atoms with van der Waals surface area (Å²) < 4.78 is 13.0. The van der Waals surface area contributed by atoms with E-state index in [0.717, 1.165) is 12.1 Å². The Kier molecular flexibility index (Phi) is 2.40. The fourth-order valence-corrected chi connectivity index (χ4v) is 2.12. The summed E-state index contributed by atoms with van der Waals surface area (Å²) in [6, 6.07) is 0. The lowest BCUT2D eigenvalue weighted by molar-refractivity contribution is -0.126. The molecule has 0 bridgehead atoms. The number of likely N-dealkylation sites (tertiary alicyclic amines) is 1. The zero-order valence-corrected chi connectivity index (χ0v) is 8.29. The lowest BCUT2D eigenvalue weighted by Gasteiger charge is -2.21.